The fourth-order valence-corrected chi connectivity index (χ4v) is 2.03. The zero-order valence-electron chi connectivity index (χ0n) is 9.61. The molecule has 0 fully saturated rings. The lowest BCUT2D eigenvalue weighted by Gasteiger charge is -2.02. The molecule has 0 aliphatic rings. The number of aromatic amines is 1. The predicted octanol–water partition coefficient (Wildman–Crippen LogP) is 1.53. The van der Waals surface area contributed by atoms with E-state index in [0.29, 0.717) is 10.9 Å². The maximum absolute atomic E-state index is 12.3. The lowest BCUT2D eigenvalue weighted by Crippen LogP contribution is -2.15. The number of nitrogen functional groups attached to an aromatic ring is 1. The minimum absolute atomic E-state index is 0.00213. The Morgan fingerprint density at radius 1 is 1.22 bits per heavy atom. The van der Waals surface area contributed by atoms with Crippen molar-refractivity contribution in [3.63, 3.8) is 0 Å². The quantitative estimate of drug-likeness (QED) is 0.585. The second-order valence-electron chi connectivity index (χ2n) is 4.22. The van der Waals surface area contributed by atoms with Crippen molar-refractivity contribution in [2.45, 2.75) is 6.92 Å². The molecular formula is C13H10N2O3. The van der Waals surface area contributed by atoms with Crippen LogP contribution in [0.2, 0.25) is 0 Å². The summed E-state index contributed by atoms with van der Waals surface area (Å²) in [5.74, 6) is -0.0189. The second-order valence-corrected chi connectivity index (χ2v) is 4.22. The van der Waals surface area contributed by atoms with Crippen LogP contribution >= 0.6 is 0 Å². The van der Waals surface area contributed by atoms with Crippen molar-refractivity contribution in [1.29, 1.82) is 0 Å². The lowest BCUT2D eigenvalue weighted by atomic mass is 10.1. The zero-order chi connectivity index (χ0) is 12.9. The Kier molecular flexibility index (Phi) is 2.04. The number of aromatic nitrogens is 1. The van der Waals surface area contributed by atoms with Crippen LogP contribution in [0.4, 0.5) is 5.88 Å². The zero-order valence-corrected chi connectivity index (χ0v) is 9.61. The van der Waals surface area contributed by atoms with Crippen LogP contribution in [-0.4, -0.2) is 4.98 Å². The average Bonchev–Trinajstić information content (AvgIpc) is 2.29. The van der Waals surface area contributed by atoms with Crippen molar-refractivity contribution < 1.29 is 4.42 Å². The van der Waals surface area contributed by atoms with Crippen molar-refractivity contribution >= 4 is 27.9 Å². The largest absolute Gasteiger partial charge is 0.424 e. The molecule has 0 bridgehead atoms. The Hall–Kier alpha value is -2.56. The Morgan fingerprint density at radius 3 is 2.78 bits per heavy atom. The number of fused-ring (bicyclic) bond motifs is 2. The van der Waals surface area contributed by atoms with Gasteiger partial charge in [-0.3, -0.25) is 9.59 Å². The molecule has 0 saturated carbocycles. The van der Waals surface area contributed by atoms with Crippen LogP contribution in [0.15, 0.2) is 38.3 Å². The van der Waals surface area contributed by atoms with Gasteiger partial charge in [-0.15, -0.1) is 0 Å². The maximum Gasteiger partial charge on any atom is 0.215 e. The molecule has 5 nitrogen and oxygen atoms in total. The highest BCUT2D eigenvalue weighted by molar-refractivity contribution is 5.90. The van der Waals surface area contributed by atoms with E-state index in [1.165, 1.54) is 0 Å². The van der Waals surface area contributed by atoms with Gasteiger partial charge in [0, 0.05) is 11.5 Å². The summed E-state index contributed by atoms with van der Waals surface area (Å²) in [6.45, 7) is 1.88. The summed E-state index contributed by atoms with van der Waals surface area (Å²) in [6.07, 6.45) is 0. The Labute approximate surface area is 101 Å². The Bertz CT molecular complexity index is 890. The highest BCUT2D eigenvalue weighted by atomic mass is 16.4. The smallest absolute Gasteiger partial charge is 0.215 e. The lowest BCUT2D eigenvalue weighted by molar-refractivity contribution is 0.612. The topological polar surface area (TPSA) is 89.1 Å². The molecule has 0 saturated heterocycles. The monoisotopic (exact) mass is 242 g/mol. The van der Waals surface area contributed by atoms with Crippen LogP contribution in [0.5, 0.6) is 0 Å². The molecule has 18 heavy (non-hydrogen) atoms. The van der Waals surface area contributed by atoms with Crippen LogP contribution in [0, 0.1) is 6.92 Å². The molecule has 0 radical (unpaired) electrons. The highest BCUT2D eigenvalue weighted by Gasteiger charge is 2.11. The minimum atomic E-state index is -0.432. The number of H-pyrrole nitrogens is 1. The van der Waals surface area contributed by atoms with Gasteiger partial charge in [0.2, 0.25) is 16.6 Å². The third kappa shape index (κ3) is 1.41. The van der Waals surface area contributed by atoms with E-state index in [2.05, 4.69) is 4.98 Å². The molecular weight excluding hydrogens is 232 g/mol. The van der Waals surface area contributed by atoms with Gasteiger partial charge >= 0.3 is 0 Å². The van der Waals surface area contributed by atoms with E-state index in [1.54, 1.807) is 12.1 Å². The highest BCUT2D eigenvalue weighted by Crippen LogP contribution is 2.15. The van der Waals surface area contributed by atoms with Gasteiger partial charge in [-0.25, -0.2) is 0 Å². The van der Waals surface area contributed by atoms with Gasteiger partial charge in [0.15, 0.2) is 5.88 Å². The first-order valence-electron chi connectivity index (χ1n) is 5.42. The molecule has 5 heteroatoms. The molecule has 0 spiro atoms. The van der Waals surface area contributed by atoms with Gasteiger partial charge in [-0.05, 0) is 19.1 Å². The van der Waals surface area contributed by atoms with Gasteiger partial charge in [0.25, 0.3) is 0 Å². The number of anilines is 1. The molecule has 0 amide bonds. The molecule has 0 unspecified atom stereocenters. The van der Waals surface area contributed by atoms with E-state index in [9.17, 15) is 9.59 Å². The van der Waals surface area contributed by atoms with Crippen LogP contribution in [0.25, 0.3) is 22.0 Å². The summed E-state index contributed by atoms with van der Waals surface area (Å²) in [4.78, 5) is 27.0. The van der Waals surface area contributed by atoms with Gasteiger partial charge in [-0.1, -0.05) is 11.6 Å². The molecule has 0 aliphatic heterocycles. The predicted molar refractivity (Wildman–Crippen MR) is 69.8 cm³/mol. The SMILES string of the molecule is Cc1ccc2[nH]c3oc(N)cc(=O)c3c(=O)c2c1. The van der Waals surface area contributed by atoms with Crippen molar-refractivity contribution in [1.82, 2.24) is 4.98 Å². The minimum Gasteiger partial charge on any atom is -0.424 e. The molecule has 2 aromatic heterocycles. The number of benzene rings is 1. The van der Waals surface area contributed by atoms with Crippen molar-refractivity contribution in [2.24, 2.45) is 0 Å². The average molecular weight is 242 g/mol. The fraction of sp³-hybridized carbons (Fsp3) is 0.0769. The van der Waals surface area contributed by atoms with E-state index in [1.807, 2.05) is 13.0 Å². The van der Waals surface area contributed by atoms with Crippen molar-refractivity contribution in [3.8, 4) is 0 Å². The van der Waals surface area contributed by atoms with E-state index < -0.39 is 5.43 Å². The number of rotatable bonds is 0. The van der Waals surface area contributed by atoms with Gasteiger partial charge < -0.3 is 15.1 Å². The van der Waals surface area contributed by atoms with E-state index in [-0.39, 0.29) is 22.4 Å². The van der Waals surface area contributed by atoms with Gasteiger partial charge in [-0.2, -0.15) is 0 Å². The Balaban J connectivity index is 2.66. The third-order valence-corrected chi connectivity index (χ3v) is 2.86. The third-order valence-electron chi connectivity index (χ3n) is 2.86. The van der Waals surface area contributed by atoms with Crippen LogP contribution in [0.3, 0.4) is 0 Å². The summed E-state index contributed by atoms with van der Waals surface area (Å²) in [5, 5.41) is 0.474. The first-order valence-corrected chi connectivity index (χ1v) is 5.42. The van der Waals surface area contributed by atoms with Crippen LogP contribution in [-0.2, 0) is 0 Å². The van der Waals surface area contributed by atoms with Crippen molar-refractivity contribution in [2.75, 3.05) is 5.73 Å². The van der Waals surface area contributed by atoms with Gasteiger partial charge in [0.05, 0.1) is 5.52 Å². The van der Waals surface area contributed by atoms with Crippen LogP contribution in [0.1, 0.15) is 5.56 Å². The summed E-state index contributed by atoms with van der Waals surface area (Å²) >= 11 is 0. The van der Waals surface area contributed by atoms with Gasteiger partial charge in [0.1, 0.15) is 5.39 Å². The number of hydrogen-bond donors (Lipinski definition) is 2. The van der Waals surface area contributed by atoms with Crippen molar-refractivity contribution in [3.05, 3.63) is 50.3 Å². The first kappa shape index (κ1) is 10.6. The summed E-state index contributed by atoms with van der Waals surface area (Å²) in [7, 11) is 0. The molecule has 0 aliphatic carbocycles. The molecule has 1 aromatic carbocycles. The normalized spacial score (nSPS) is 11.2. The fourth-order valence-electron chi connectivity index (χ4n) is 2.03. The standard InChI is InChI=1S/C13H10N2O3/c1-6-2-3-8-7(4-6)12(17)11-9(16)5-10(14)18-13(11)15-8/h2-5H,14H2,1H3,(H,15,17). The molecule has 0 atom stereocenters. The molecule has 3 N–H and O–H groups in total. The maximum atomic E-state index is 12.3. The second kappa shape index (κ2) is 3.46. The number of aryl methyl sites for hydroxylation is 1. The Morgan fingerprint density at radius 2 is 2.00 bits per heavy atom. The molecule has 3 rings (SSSR count). The van der Waals surface area contributed by atoms with E-state index in [0.717, 1.165) is 11.6 Å². The molecule has 3 aromatic rings. The molecule has 90 valence electrons. The number of pyridine rings is 1. The molecule has 2 heterocycles. The summed E-state index contributed by atoms with van der Waals surface area (Å²) < 4.78 is 5.18. The number of nitrogens with two attached hydrogens (primary N) is 1. The number of nitrogens with one attached hydrogen (secondary N) is 1. The summed E-state index contributed by atoms with van der Waals surface area (Å²) in [5.41, 5.74) is 6.37. The van der Waals surface area contributed by atoms with E-state index >= 15 is 0 Å². The first-order chi connectivity index (χ1) is 8.56. The van der Waals surface area contributed by atoms with Crippen LogP contribution < -0.4 is 16.6 Å². The summed E-state index contributed by atoms with van der Waals surface area (Å²) in [6, 6.07) is 6.49. The van der Waals surface area contributed by atoms with E-state index in [4.69, 9.17) is 10.2 Å². The number of hydrogen-bond acceptors (Lipinski definition) is 4.